The van der Waals surface area contributed by atoms with Crippen LogP contribution < -0.4 is 11.1 Å². The monoisotopic (exact) mass is 405 g/mol. The highest BCUT2D eigenvalue weighted by atomic mass is 35.5. The molecule has 27 heavy (non-hydrogen) atoms. The Bertz CT molecular complexity index is 871. The van der Waals surface area contributed by atoms with E-state index in [0.717, 1.165) is 16.5 Å². The fourth-order valence-electron chi connectivity index (χ4n) is 2.67. The predicted octanol–water partition coefficient (Wildman–Crippen LogP) is 3.79. The van der Waals surface area contributed by atoms with Gasteiger partial charge in [0.1, 0.15) is 0 Å². The van der Waals surface area contributed by atoms with E-state index in [1.54, 1.807) is 0 Å². The van der Waals surface area contributed by atoms with Crippen molar-refractivity contribution in [2.24, 2.45) is 10.7 Å². The zero-order valence-electron chi connectivity index (χ0n) is 14.5. The number of rotatable bonds is 7. The van der Waals surface area contributed by atoms with Gasteiger partial charge in [-0.2, -0.15) is 10.9 Å². The molecule has 0 bridgehead atoms. The molecule has 1 aliphatic heterocycles. The summed E-state index contributed by atoms with van der Waals surface area (Å²) in [5.74, 6) is 0.718. The Balaban J connectivity index is 1.57. The van der Waals surface area contributed by atoms with Crippen LogP contribution in [0.3, 0.4) is 0 Å². The first-order valence-electron chi connectivity index (χ1n) is 8.43. The maximum Gasteiger partial charge on any atom is 0.404 e. The number of hydrogen-bond donors (Lipinski definition) is 3. The van der Waals surface area contributed by atoms with E-state index in [2.05, 4.69) is 15.0 Å². The second-order valence-corrected chi connectivity index (χ2v) is 8.38. The Hall–Kier alpha value is -2.51. The van der Waals surface area contributed by atoms with Crippen molar-refractivity contribution in [3.05, 3.63) is 58.6 Å². The largest absolute Gasteiger partial charge is 0.450 e. The molecule has 3 N–H and O–H groups in total. The average molecular weight is 406 g/mol. The zero-order chi connectivity index (χ0) is 19.2. The van der Waals surface area contributed by atoms with Crippen molar-refractivity contribution < 1.29 is 14.3 Å². The normalized spacial score (nSPS) is 16.0. The van der Waals surface area contributed by atoms with E-state index in [1.165, 1.54) is 10.5 Å². The summed E-state index contributed by atoms with van der Waals surface area (Å²) in [7, 11) is -0.528. The maximum absolute atomic E-state index is 12.2. The van der Waals surface area contributed by atoms with Gasteiger partial charge in [0, 0.05) is 33.3 Å². The molecule has 0 saturated carbocycles. The Morgan fingerprint density at radius 2 is 1.96 bits per heavy atom. The van der Waals surface area contributed by atoms with Crippen molar-refractivity contribution in [1.82, 2.24) is 5.32 Å². The molecule has 8 heteroatoms. The van der Waals surface area contributed by atoms with Gasteiger partial charge in [-0.15, -0.1) is 0 Å². The molecule has 6 nitrogen and oxygen atoms in total. The number of carbonyl (C=O) groups is 2. The van der Waals surface area contributed by atoms with Gasteiger partial charge in [0.25, 0.3) is 5.91 Å². The van der Waals surface area contributed by atoms with E-state index < -0.39 is 17.0 Å². The van der Waals surface area contributed by atoms with Gasteiger partial charge in [-0.25, -0.2) is 4.79 Å². The van der Waals surface area contributed by atoms with Crippen LogP contribution >= 0.6 is 22.5 Å². The first-order chi connectivity index (χ1) is 13.0. The second-order valence-electron chi connectivity index (χ2n) is 5.98. The van der Waals surface area contributed by atoms with Gasteiger partial charge in [-0.05, 0) is 42.3 Å². The number of primary amides is 1. The second kappa shape index (κ2) is 8.92. The summed E-state index contributed by atoms with van der Waals surface area (Å²) >= 11 is 5.94. The van der Waals surface area contributed by atoms with Crippen molar-refractivity contribution in [1.29, 1.82) is 0 Å². The molecular weight excluding hydrogens is 386 g/mol. The standard InChI is InChI=1S/C19H20ClN3O3S/c20-15-5-2-13(3-6-15)11-27-12-23-16-10-14(4-7-17(16)27)18(24)22-8-1-9-26-19(21)25/h2-7,10,12,27H,1,8-9,11H2,(H2,21,25)(H,22,24). The molecule has 0 aromatic heterocycles. The number of fused-ring (bicyclic) bond motifs is 1. The van der Waals surface area contributed by atoms with E-state index in [-0.39, 0.29) is 12.5 Å². The number of hydrogen-bond acceptors (Lipinski definition) is 4. The number of thiol groups is 1. The van der Waals surface area contributed by atoms with Crippen molar-refractivity contribution >= 4 is 45.7 Å². The number of ether oxygens (including phenoxy) is 1. The molecule has 142 valence electrons. The number of carbonyl (C=O) groups excluding carboxylic acids is 2. The molecule has 0 spiro atoms. The molecule has 0 fully saturated rings. The summed E-state index contributed by atoms with van der Waals surface area (Å²) in [5, 5.41) is 3.52. The van der Waals surface area contributed by atoms with Crippen LogP contribution in [0.2, 0.25) is 5.02 Å². The van der Waals surface area contributed by atoms with Gasteiger partial charge in [0.05, 0.1) is 12.3 Å². The lowest BCUT2D eigenvalue weighted by Gasteiger charge is -2.14. The van der Waals surface area contributed by atoms with Crippen LogP contribution in [0.4, 0.5) is 10.5 Å². The van der Waals surface area contributed by atoms with Crippen LogP contribution in [0.1, 0.15) is 22.3 Å². The van der Waals surface area contributed by atoms with Gasteiger partial charge in [-0.3, -0.25) is 9.79 Å². The highest BCUT2D eigenvalue weighted by Crippen LogP contribution is 2.48. The fraction of sp³-hybridized carbons (Fsp3) is 0.211. The summed E-state index contributed by atoms with van der Waals surface area (Å²) in [6, 6.07) is 13.4. The first kappa shape index (κ1) is 19.3. The molecule has 0 radical (unpaired) electrons. The van der Waals surface area contributed by atoms with Gasteiger partial charge in [0.15, 0.2) is 0 Å². The highest BCUT2D eigenvalue weighted by molar-refractivity contribution is 8.28. The lowest BCUT2D eigenvalue weighted by molar-refractivity contribution is 0.0950. The van der Waals surface area contributed by atoms with Gasteiger partial charge in [0.2, 0.25) is 0 Å². The molecule has 0 aliphatic carbocycles. The predicted molar refractivity (Wildman–Crippen MR) is 109 cm³/mol. The number of nitrogens with two attached hydrogens (primary N) is 1. The van der Waals surface area contributed by atoms with Crippen molar-refractivity contribution in [3.8, 4) is 0 Å². The average Bonchev–Trinajstić information content (AvgIpc) is 3.05. The summed E-state index contributed by atoms with van der Waals surface area (Å²) in [5.41, 5.74) is 9.48. The molecule has 0 saturated heterocycles. The Morgan fingerprint density at radius 1 is 1.19 bits per heavy atom. The summed E-state index contributed by atoms with van der Waals surface area (Å²) in [6.07, 6.45) is -0.308. The summed E-state index contributed by atoms with van der Waals surface area (Å²) < 4.78 is 4.62. The third kappa shape index (κ3) is 5.24. The van der Waals surface area contributed by atoms with Crippen molar-refractivity contribution in [3.63, 3.8) is 0 Å². The SMILES string of the molecule is NC(=O)OCCCNC(=O)c1ccc2c(c1)N=C[SH]2Cc1ccc(Cl)cc1. The van der Waals surface area contributed by atoms with Crippen LogP contribution in [0.15, 0.2) is 52.4 Å². The van der Waals surface area contributed by atoms with Gasteiger partial charge < -0.3 is 15.8 Å². The van der Waals surface area contributed by atoms with Crippen LogP contribution in [0.5, 0.6) is 0 Å². The first-order valence-corrected chi connectivity index (χ1v) is 10.4. The lowest BCUT2D eigenvalue weighted by Crippen LogP contribution is -2.26. The number of nitrogens with zero attached hydrogens (tertiary/aromatic N) is 1. The van der Waals surface area contributed by atoms with Crippen LogP contribution in [0, 0.1) is 0 Å². The van der Waals surface area contributed by atoms with E-state index in [1.807, 2.05) is 48.0 Å². The fourth-order valence-corrected chi connectivity index (χ4v) is 4.72. The van der Waals surface area contributed by atoms with E-state index in [9.17, 15) is 9.59 Å². The summed E-state index contributed by atoms with van der Waals surface area (Å²) in [4.78, 5) is 28.4. The molecule has 2 aromatic carbocycles. The number of benzene rings is 2. The Morgan fingerprint density at radius 3 is 2.70 bits per heavy atom. The highest BCUT2D eigenvalue weighted by Gasteiger charge is 2.18. The topological polar surface area (TPSA) is 93.8 Å². The Labute approximate surface area is 165 Å². The molecule has 1 atom stereocenters. The minimum absolute atomic E-state index is 0.180. The van der Waals surface area contributed by atoms with E-state index in [4.69, 9.17) is 17.3 Å². The van der Waals surface area contributed by atoms with Crippen LogP contribution in [0.25, 0.3) is 0 Å². The van der Waals surface area contributed by atoms with E-state index >= 15 is 0 Å². The zero-order valence-corrected chi connectivity index (χ0v) is 16.2. The van der Waals surface area contributed by atoms with Crippen molar-refractivity contribution in [2.75, 3.05) is 13.2 Å². The molecule has 1 aliphatic rings. The van der Waals surface area contributed by atoms with Crippen LogP contribution in [-0.4, -0.2) is 30.7 Å². The number of halogens is 1. The maximum atomic E-state index is 12.2. The summed E-state index contributed by atoms with van der Waals surface area (Å²) in [6.45, 7) is 0.578. The van der Waals surface area contributed by atoms with Crippen molar-refractivity contribution in [2.45, 2.75) is 17.1 Å². The third-order valence-corrected chi connectivity index (χ3v) is 6.35. The molecule has 1 unspecified atom stereocenters. The molecule has 3 rings (SSSR count). The number of amides is 2. The lowest BCUT2D eigenvalue weighted by atomic mass is 10.2. The van der Waals surface area contributed by atoms with Gasteiger partial charge >= 0.3 is 6.09 Å². The molecular formula is C19H20ClN3O3S. The number of aliphatic imine (C=N–C) groups is 1. The quantitative estimate of drug-likeness (QED) is 0.483. The smallest absolute Gasteiger partial charge is 0.404 e. The Kier molecular flexibility index (Phi) is 6.36. The minimum Gasteiger partial charge on any atom is -0.450 e. The third-order valence-electron chi connectivity index (χ3n) is 4.00. The van der Waals surface area contributed by atoms with Crippen LogP contribution in [-0.2, 0) is 10.5 Å². The van der Waals surface area contributed by atoms with Gasteiger partial charge in [-0.1, -0.05) is 23.7 Å². The number of nitrogens with one attached hydrogen (secondary N) is 1. The molecule has 2 amide bonds. The van der Waals surface area contributed by atoms with E-state index in [0.29, 0.717) is 18.5 Å². The molecule has 2 aromatic rings. The minimum atomic E-state index is -0.812. The molecule has 1 heterocycles.